The highest BCUT2D eigenvalue weighted by Gasteiger charge is 2.31. The smallest absolute Gasteiger partial charge is 0.349 e. The summed E-state index contributed by atoms with van der Waals surface area (Å²) in [6.45, 7) is 0.118. The fourth-order valence-corrected chi connectivity index (χ4v) is 4.33. The minimum atomic E-state index is -0.596. The molecule has 4 aromatic carbocycles. The van der Waals surface area contributed by atoms with E-state index in [1.165, 1.54) is 0 Å². The molecule has 39 heavy (non-hydrogen) atoms. The van der Waals surface area contributed by atoms with Gasteiger partial charge in [-0.3, -0.25) is 0 Å². The first kappa shape index (κ1) is 25.7. The Balaban J connectivity index is 1.34. The van der Waals surface area contributed by atoms with E-state index in [1.807, 2.05) is 54.6 Å². The average molecular weight is 539 g/mol. The van der Waals surface area contributed by atoms with Gasteiger partial charge in [-0.05, 0) is 53.6 Å². The van der Waals surface area contributed by atoms with Crippen molar-refractivity contribution < 1.29 is 23.7 Å². The number of esters is 1. The highest BCUT2D eigenvalue weighted by Crippen LogP contribution is 2.44. The van der Waals surface area contributed by atoms with Crippen molar-refractivity contribution in [1.29, 1.82) is 5.26 Å². The number of nitrogens with zero attached hydrogens (tertiary/aromatic N) is 1. The van der Waals surface area contributed by atoms with Crippen molar-refractivity contribution in [3.8, 4) is 29.1 Å². The summed E-state index contributed by atoms with van der Waals surface area (Å²) >= 11 is 5.87. The molecule has 5 rings (SSSR count). The Morgan fingerprint density at radius 1 is 0.897 bits per heavy atom. The van der Waals surface area contributed by atoms with Crippen LogP contribution in [0.3, 0.4) is 0 Å². The van der Waals surface area contributed by atoms with Crippen LogP contribution in [0.25, 0.3) is 0 Å². The molecule has 194 valence electrons. The summed E-state index contributed by atoms with van der Waals surface area (Å²) in [6.07, 6.45) is 0. The maximum absolute atomic E-state index is 12.4. The molecule has 0 fully saturated rings. The SMILES string of the molecule is N#CC1=C(N)Oc2cc(OC(=O)COc3ccc(Cl)cc3)ccc2C1c1cccc(OCc2ccccc2)c1. The van der Waals surface area contributed by atoms with E-state index in [9.17, 15) is 10.1 Å². The molecule has 0 aliphatic carbocycles. The summed E-state index contributed by atoms with van der Waals surface area (Å²) in [5.74, 6) is 0.691. The zero-order chi connectivity index (χ0) is 27.2. The average Bonchev–Trinajstić information content (AvgIpc) is 2.95. The van der Waals surface area contributed by atoms with Crippen LogP contribution in [0.1, 0.15) is 22.6 Å². The van der Waals surface area contributed by atoms with Crippen molar-refractivity contribution in [1.82, 2.24) is 0 Å². The first-order chi connectivity index (χ1) is 19.0. The van der Waals surface area contributed by atoms with Crippen LogP contribution in [0, 0.1) is 11.3 Å². The van der Waals surface area contributed by atoms with E-state index in [0.29, 0.717) is 34.4 Å². The summed E-state index contributed by atoms with van der Waals surface area (Å²) in [5, 5.41) is 10.5. The van der Waals surface area contributed by atoms with Gasteiger partial charge in [-0.2, -0.15) is 5.26 Å². The maximum Gasteiger partial charge on any atom is 0.349 e. The Hall–Kier alpha value is -4.93. The largest absolute Gasteiger partial charge is 0.489 e. The Labute approximate surface area is 230 Å². The second kappa shape index (κ2) is 11.6. The number of allylic oxidation sites excluding steroid dienone is 1. The van der Waals surface area contributed by atoms with Gasteiger partial charge in [0.25, 0.3) is 0 Å². The van der Waals surface area contributed by atoms with Crippen LogP contribution < -0.4 is 24.7 Å². The molecule has 0 aromatic heterocycles. The van der Waals surface area contributed by atoms with Gasteiger partial charge in [0.1, 0.15) is 41.2 Å². The molecule has 0 saturated carbocycles. The van der Waals surface area contributed by atoms with Crippen LogP contribution in [0.15, 0.2) is 109 Å². The minimum Gasteiger partial charge on any atom is -0.489 e. The van der Waals surface area contributed by atoms with Crippen molar-refractivity contribution >= 4 is 17.6 Å². The molecule has 7 nitrogen and oxygen atoms in total. The third-order valence-electron chi connectivity index (χ3n) is 6.03. The predicted octanol–water partition coefficient (Wildman–Crippen LogP) is 6.12. The van der Waals surface area contributed by atoms with E-state index in [-0.39, 0.29) is 23.8 Å². The standard InChI is InChI=1S/C31H23ClN2O5/c32-22-9-11-23(12-10-22)37-19-29(35)38-25-13-14-26-28(16-25)39-31(34)27(17-33)30(26)21-7-4-8-24(15-21)36-18-20-5-2-1-3-6-20/h1-16,30H,18-19,34H2. The number of hydrogen-bond donors (Lipinski definition) is 1. The number of fused-ring (bicyclic) bond motifs is 1. The molecular formula is C31H23ClN2O5. The van der Waals surface area contributed by atoms with E-state index in [0.717, 1.165) is 11.1 Å². The third-order valence-corrected chi connectivity index (χ3v) is 6.28. The van der Waals surface area contributed by atoms with E-state index >= 15 is 0 Å². The summed E-state index contributed by atoms with van der Waals surface area (Å²) in [4.78, 5) is 12.4. The predicted molar refractivity (Wildman–Crippen MR) is 146 cm³/mol. The third kappa shape index (κ3) is 6.15. The lowest BCUT2D eigenvalue weighted by Gasteiger charge is -2.27. The van der Waals surface area contributed by atoms with Crippen molar-refractivity contribution in [2.75, 3.05) is 6.61 Å². The van der Waals surface area contributed by atoms with Crippen molar-refractivity contribution in [3.63, 3.8) is 0 Å². The van der Waals surface area contributed by atoms with E-state index in [4.69, 9.17) is 36.3 Å². The van der Waals surface area contributed by atoms with Crippen LogP contribution in [-0.2, 0) is 11.4 Å². The van der Waals surface area contributed by atoms with Crippen molar-refractivity contribution in [3.05, 3.63) is 130 Å². The lowest BCUT2D eigenvalue weighted by Crippen LogP contribution is -2.21. The number of benzene rings is 4. The Morgan fingerprint density at radius 3 is 2.44 bits per heavy atom. The number of hydrogen-bond acceptors (Lipinski definition) is 7. The molecule has 1 atom stereocenters. The van der Waals surface area contributed by atoms with Gasteiger partial charge in [0.2, 0.25) is 5.88 Å². The number of ether oxygens (including phenoxy) is 4. The molecule has 0 radical (unpaired) electrons. The van der Waals surface area contributed by atoms with E-state index < -0.39 is 11.9 Å². The van der Waals surface area contributed by atoms with Crippen LogP contribution in [-0.4, -0.2) is 12.6 Å². The second-order valence-electron chi connectivity index (χ2n) is 8.69. The highest BCUT2D eigenvalue weighted by molar-refractivity contribution is 6.30. The molecule has 1 unspecified atom stereocenters. The van der Waals surface area contributed by atoms with Gasteiger partial charge >= 0.3 is 5.97 Å². The van der Waals surface area contributed by atoms with Gasteiger partial charge in [0, 0.05) is 16.7 Å². The first-order valence-corrected chi connectivity index (χ1v) is 12.5. The van der Waals surface area contributed by atoms with Gasteiger partial charge in [-0.1, -0.05) is 60.1 Å². The molecule has 8 heteroatoms. The summed E-state index contributed by atoms with van der Waals surface area (Å²) in [6, 6.07) is 31.2. The molecule has 0 saturated heterocycles. The molecule has 0 amide bonds. The summed E-state index contributed by atoms with van der Waals surface area (Å²) < 4.78 is 22.6. The summed E-state index contributed by atoms with van der Waals surface area (Å²) in [7, 11) is 0. The number of nitrogens with two attached hydrogens (primary N) is 1. The number of halogens is 1. The van der Waals surface area contributed by atoms with Crippen molar-refractivity contribution in [2.45, 2.75) is 12.5 Å². The number of carbonyl (C=O) groups excluding carboxylic acids is 1. The molecule has 0 spiro atoms. The lowest BCUT2D eigenvalue weighted by molar-refractivity contribution is -0.136. The fourth-order valence-electron chi connectivity index (χ4n) is 4.20. The van der Waals surface area contributed by atoms with Gasteiger partial charge < -0.3 is 24.7 Å². The zero-order valence-electron chi connectivity index (χ0n) is 20.7. The monoisotopic (exact) mass is 538 g/mol. The lowest BCUT2D eigenvalue weighted by atomic mass is 9.83. The van der Waals surface area contributed by atoms with E-state index in [1.54, 1.807) is 42.5 Å². The molecule has 1 heterocycles. The van der Waals surface area contributed by atoms with E-state index in [2.05, 4.69) is 6.07 Å². The Kier molecular flexibility index (Phi) is 7.67. The molecule has 1 aliphatic rings. The number of rotatable bonds is 8. The first-order valence-electron chi connectivity index (χ1n) is 12.1. The fraction of sp³-hybridized carbons (Fsp3) is 0.0968. The molecule has 4 aromatic rings. The van der Waals surface area contributed by atoms with Gasteiger partial charge in [0.05, 0.1) is 5.92 Å². The van der Waals surface area contributed by atoms with Gasteiger partial charge in [-0.25, -0.2) is 4.79 Å². The topological polar surface area (TPSA) is 104 Å². The van der Waals surface area contributed by atoms with Gasteiger partial charge in [-0.15, -0.1) is 0 Å². The molecule has 1 aliphatic heterocycles. The van der Waals surface area contributed by atoms with Crippen LogP contribution >= 0.6 is 11.6 Å². The Morgan fingerprint density at radius 2 is 1.67 bits per heavy atom. The second-order valence-corrected chi connectivity index (χ2v) is 9.12. The van der Waals surface area contributed by atoms with Crippen LogP contribution in [0.5, 0.6) is 23.0 Å². The molecule has 0 bridgehead atoms. The zero-order valence-corrected chi connectivity index (χ0v) is 21.4. The molecular weight excluding hydrogens is 516 g/mol. The number of carbonyl (C=O) groups is 1. The molecule has 2 N–H and O–H groups in total. The normalized spacial score (nSPS) is 14.0. The number of nitriles is 1. The quantitative estimate of drug-likeness (QED) is 0.213. The Bertz CT molecular complexity index is 1560. The highest BCUT2D eigenvalue weighted by atomic mass is 35.5. The van der Waals surface area contributed by atoms with Crippen LogP contribution in [0.2, 0.25) is 5.02 Å². The summed E-state index contributed by atoms with van der Waals surface area (Å²) in [5.41, 5.74) is 8.99. The van der Waals surface area contributed by atoms with Gasteiger partial charge in [0.15, 0.2) is 6.61 Å². The maximum atomic E-state index is 12.4. The minimum absolute atomic E-state index is 0.0137. The van der Waals surface area contributed by atoms with Crippen molar-refractivity contribution in [2.24, 2.45) is 5.73 Å². The van der Waals surface area contributed by atoms with Crippen LogP contribution in [0.4, 0.5) is 0 Å².